The van der Waals surface area contributed by atoms with E-state index in [4.69, 9.17) is 0 Å². The van der Waals surface area contributed by atoms with Crippen molar-refractivity contribution in [2.45, 2.75) is 40.0 Å². The van der Waals surface area contributed by atoms with Crippen LogP contribution in [-0.4, -0.2) is 5.78 Å². The zero-order valence-corrected chi connectivity index (χ0v) is 7.76. The molecule has 2 atom stereocenters. The topological polar surface area (TPSA) is 17.1 Å². The number of hydrogen-bond donors (Lipinski definition) is 0. The summed E-state index contributed by atoms with van der Waals surface area (Å²) in [6.45, 7) is 6.52. The quantitative estimate of drug-likeness (QED) is 0.567. The molecule has 1 fully saturated rings. The lowest BCUT2D eigenvalue weighted by Gasteiger charge is -2.30. The van der Waals surface area contributed by atoms with Gasteiger partial charge in [-0.05, 0) is 24.7 Å². The molecule has 0 aromatic heterocycles. The molecule has 0 radical (unpaired) electrons. The van der Waals surface area contributed by atoms with Gasteiger partial charge < -0.3 is 0 Å². The van der Waals surface area contributed by atoms with Crippen molar-refractivity contribution in [3.8, 4) is 0 Å². The summed E-state index contributed by atoms with van der Waals surface area (Å²) in [7, 11) is 0. The Labute approximate surface area is 69.2 Å². The van der Waals surface area contributed by atoms with E-state index >= 15 is 0 Å². The second-order valence-electron chi connectivity index (χ2n) is 4.11. The molecular formula is C10H18O. The Hall–Kier alpha value is -0.330. The monoisotopic (exact) mass is 154 g/mol. The smallest absolute Gasteiger partial charge is 0.136 e. The van der Waals surface area contributed by atoms with Crippen LogP contribution in [0.5, 0.6) is 0 Å². The predicted molar refractivity (Wildman–Crippen MR) is 46.4 cm³/mol. The van der Waals surface area contributed by atoms with Gasteiger partial charge in [-0.1, -0.05) is 20.8 Å². The lowest BCUT2D eigenvalue weighted by Crippen LogP contribution is -2.30. The number of carbonyl (C=O) groups is 1. The second-order valence-corrected chi connectivity index (χ2v) is 4.11. The van der Waals surface area contributed by atoms with Crippen LogP contribution in [0.4, 0.5) is 0 Å². The van der Waals surface area contributed by atoms with Crippen molar-refractivity contribution in [3.05, 3.63) is 0 Å². The third-order valence-corrected chi connectivity index (χ3v) is 2.79. The standard InChI is InChI=1S/C10H18O/c1-7(2)10-8(3)5-4-6-9(10)11/h7-8,10H,4-6H2,1-3H3/t8-,10-/m1/s1. The van der Waals surface area contributed by atoms with E-state index in [9.17, 15) is 4.79 Å². The Morgan fingerprint density at radius 1 is 1.45 bits per heavy atom. The lowest BCUT2D eigenvalue weighted by atomic mass is 9.74. The molecule has 0 heterocycles. The fourth-order valence-corrected chi connectivity index (χ4v) is 2.29. The average Bonchev–Trinajstić information content (AvgIpc) is 1.85. The van der Waals surface area contributed by atoms with Gasteiger partial charge in [0.25, 0.3) is 0 Å². The van der Waals surface area contributed by atoms with Crippen LogP contribution in [0.25, 0.3) is 0 Å². The van der Waals surface area contributed by atoms with Crippen molar-refractivity contribution in [2.24, 2.45) is 17.8 Å². The van der Waals surface area contributed by atoms with Gasteiger partial charge in [0.15, 0.2) is 0 Å². The molecule has 1 nitrogen and oxygen atoms in total. The molecule has 0 bridgehead atoms. The van der Waals surface area contributed by atoms with Crippen LogP contribution in [0.1, 0.15) is 40.0 Å². The van der Waals surface area contributed by atoms with E-state index in [0.717, 1.165) is 12.8 Å². The third kappa shape index (κ3) is 1.82. The van der Waals surface area contributed by atoms with E-state index < -0.39 is 0 Å². The van der Waals surface area contributed by atoms with Crippen molar-refractivity contribution in [2.75, 3.05) is 0 Å². The van der Waals surface area contributed by atoms with Gasteiger partial charge in [-0.2, -0.15) is 0 Å². The molecule has 11 heavy (non-hydrogen) atoms. The molecule has 1 rings (SSSR count). The molecule has 0 spiro atoms. The summed E-state index contributed by atoms with van der Waals surface area (Å²) in [5, 5.41) is 0. The maximum Gasteiger partial charge on any atom is 0.136 e. The molecule has 0 amide bonds. The highest BCUT2D eigenvalue weighted by Crippen LogP contribution is 2.31. The van der Waals surface area contributed by atoms with Crippen LogP contribution >= 0.6 is 0 Å². The Bertz CT molecular complexity index is 149. The molecule has 0 N–H and O–H groups in total. The van der Waals surface area contributed by atoms with Gasteiger partial charge in [-0.15, -0.1) is 0 Å². The number of carbonyl (C=O) groups excluding carboxylic acids is 1. The molecule has 0 aromatic carbocycles. The van der Waals surface area contributed by atoms with Crippen molar-refractivity contribution >= 4 is 5.78 Å². The lowest BCUT2D eigenvalue weighted by molar-refractivity contribution is -0.128. The Morgan fingerprint density at radius 2 is 2.09 bits per heavy atom. The summed E-state index contributed by atoms with van der Waals surface area (Å²) in [5.41, 5.74) is 0. The molecular weight excluding hydrogens is 136 g/mol. The van der Waals surface area contributed by atoms with E-state index in [-0.39, 0.29) is 0 Å². The van der Waals surface area contributed by atoms with Gasteiger partial charge in [0.2, 0.25) is 0 Å². The van der Waals surface area contributed by atoms with Gasteiger partial charge in [0.05, 0.1) is 0 Å². The first-order chi connectivity index (χ1) is 5.13. The van der Waals surface area contributed by atoms with E-state index in [2.05, 4.69) is 20.8 Å². The van der Waals surface area contributed by atoms with Crippen LogP contribution < -0.4 is 0 Å². The fourth-order valence-electron chi connectivity index (χ4n) is 2.29. The highest BCUT2D eigenvalue weighted by atomic mass is 16.1. The zero-order chi connectivity index (χ0) is 8.43. The molecule has 64 valence electrons. The predicted octanol–water partition coefficient (Wildman–Crippen LogP) is 2.65. The van der Waals surface area contributed by atoms with E-state index in [1.165, 1.54) is 6.42 Å². The van der Waals surface area contributed by atoms with Gasteiger partial charge in [0.1, 0.15) is 5.78 Å². The van der Waals surface area contributed by atoms with Crippen molar-refractivity contribution in [3.63, 3.8) is 0 Å². The van der Waals surface area contributed by atoms with E-state index in [0.29, 0.717) is 23.5 Å². The number of hydrogen-bond acceptors (Lipinski definition) is 1. The van der Waals surface area contributed by atoms with Crippen LogP contribution in [0.3, 0.4) is 0 Å². The third-order valence-electron chi connectivity index (χ3n) is 2.79. The maximum atomic E-state index is 11.4. The number of Topliss-reactive ketones (excluding diaryl/α,β-unsaturated/α-hetero) is 1. The fraction of sp³-hybridized carbons (Fsp3) is 0.900. The normalized spacial score (nSPS) is 32.9. The summed E-state index contributed by atoms with van der Waals surface area (Å²) >= 11 is 0. The minimum atomic E-state index is 0.351. The van der Waals surface area contributed by atoms with E-state index in [1.54, 1.807) is 0 Å². The number of rotatable bonds is 1. The van der Waals surface area contributed by atoms with Crippen LogP contribution in [-0.2, 0) is 4.79 Å². The summed E-state index contributed by atoms with van der Waals surface area (Å²) in [5.74, 6) is 2.01. The number of ketones is 1. The molecule has 0 aromatic rings. The first kappa shape index (κ1) is 8.76. The molecule has 0 saturated heterocycles. The zero-order valence-electron chi connectivity index (χ0n) is 7.76. The molecule has 1 aliphatic rings. The molecule has 1 saturated carbocycles. The van der Waals surface area contributed by atoms with Gasteiger partial charge in [-0.25, -0.2) is 0 Å². The largest absolute Gasteiger partial charge is 0.299 e. The molecule has 1 heteroatoms. The highest BCUT2D eigenvalue weighted by Gasteiger charge is 2.30. The minimum absolute atomic E-state index is 0.351. The van der Waals surface area contributed by atoms with Crippen LogP contribution in [0.2, 0.25) is 0 Å². The minimum Gasteiger partial charge on any atom is -0.299 e. The molecule has 0 unspecified atom stereocenters. The average molecular weight is 154 g/mol. The van der Waals surface area contributed by atoms with Crippen molar-refractivity contribution in [1.29, 1.82) is 0 Å². The SMILES string of the molecule is CC(C)[C@H]1C(=O)CCC[C@H]1C. The van der Waals surface area contributed by atoms with E-state index in [1.807, 2.05) is 0 Å². The summed E-state index contributed by atoms with van der Waals surface area (Å²) in [6.07, 6.45) is 3.19. The molecule has 1 aliphatic carbocycles. The summed E-state index contributed by atoms with van der Waals surface area (Å²) < 4.78 is 0. The van der Waals surface area contributed by atoms with Crippen LogP contribution in [0.15, 0.2) is 0 Å². The Morgan fingerprint density at radius 3 is 2.45 bits per heavy atom. The second kappa shape index (κ2) is 3.38. The van der Waals surface area contributed by atoms with Gasteiger partial charge in [0, 0.05) is 12.3 Å². The van der Waals surface area contributed by atoms with Crippen molar-refractivity contribution < 1.29 is 4.79 Å². The maximum absolute atomic E-state index is 11.4. The van der Waals surface area contributed by atoms with Crippen molar-refractivity contribution in [1.82, 2.24) is 0 Å². The van der Waals surface area contributed by atoms with Gasteiger partial charge in [-0.3, -0.25) is 4.79 Å². The first-order valence-corrected chi connectivity index (χ1v) is 4.65. The van der Waals surface area contributed by atoms with Gasteiger partial charge >= 0.3 is 0 Å². The Balaban J connectivity index is 2.63. The van der Waals surface area contributed by atoms with Crippen LogP contribution in [0, 0.1) is 17.8 Å². The first-order valence-electron chi connectivity index (χ1n) is 4.65. The summed E-state index contributed by atoms with van der Waals surface area (Å²) in [4.78, 5) is 11.4. The summed E-state index contributed by atoms with van der Waals surface area (Å²) in [6, 6.07) is 0. The Kier molecular flexibility index (Phi) is 2.69. The molecule has 0 aliphatic heterocycles. The highest BCUT2D eigenvalue weighted by molar-refractivity contribution is 5.82.